The van der Waals surface area contributed by atoms with E-state index < -0.39 is 11.3 Å². The Morgan fingerprint density at radius 2 is 1.24 bits per heavy atom. The van der Waals surface area contributed by atoms with Crippen molar-refractivity contribution in [2.45, 2.75) is 167 Å². The molecular weight excluding hydrogens is 405 g/mol. The molecule has 4 N–H and O–H groups in total. The number of aliphatic hydroxyl groups is 2. The van der Waals surface area contributed by atoms with E-state index in [9.17, 15) is 10.2 Å². The van der Waals surface area contributed by atoms with Crippen molar-refractivity contribution < 1.29 is 10.2 Å². The monoisotopic (exact) mass is 463 g/mol. The van der Waals surface area contributed by atoms with Crippen molar-refractivity contribution in [1.82, 2.24) is 0 Å². The highest BCUT2D eigenvalue weighted by Crippen LogP contribution is 2.65. The first kappa shape index (κ1) is 29.2. The molecule has 2 rings (SSSR count). The maximum Gasteiger partial charge on any atom is 0.116 e. The molecule has 0 aliphatic heterocycles. The first-order chi connectivity index (χ1) is 15.2. The van der Waals surface area contributed by atoms with Gasteiger partial charge in [0.1, 0.15) is 13.6 Å². The first-order valence-corrected chi connectivity index (χ1v) is 14.4. The van der Waals surface area contributed by atoms with Gasteiger partial charge in [-0.15, -0.1) is 0 Å². The highest BCUT2D eigenvalue weighted by atomic mass is 16.3. The van der Waals surface area contributed by atoms with Crippen LogP contribution in [0.5, 0.6) is 0 Å². The molecule has 33 heavy (non-hydrogen) atoms. The summed E-state index contributed by atoms with van der Waals surface area (Å²) < 4.78 is 0. The van der Waals surface area contributed by atoms with Crippen LogP contribution >= 0.6 is 0 Å². The van der Waals surface area contributed by atoms with Crippen molar-refractivity contribution in [1.29, 1.82) is 0 Å². The normalized spacial score (nSPS) is 38.3. The predicted molar refractivity (Wildman–Crippen MR) is 145 cm³/mol. The van der Waals surface area contributed by atoms with Gasteiger partial charge in [-0.1, -0.05) is 78.6 Å². The van der Waals surface area contributed by atoms with Crippen LogP contribution < -0.4 is 5.73 Å². The summed E-state index contributed by atoms with van der Waals surface area (Å²) in [7, 11) is 2.34. The number of unbranched alkanes of at least 4 members (excludes halogenated alkanes) is 3. The van der Waals surface area contributed by atoms with Crippen LogP contribution in [0.25, 0.3) is 0 Å². The standard InChI is InChI=1S/C29H58BNO2/c1-7-9-11-16-28-21-20-25(5,26(6,31)33)14-12-17-27(28,15-10-8-2)18-13-19-29(30,23-22-28)24(3,4)32/h32-33H,7-23,30-31H2,1-6H3. The zero-order chi connectivity index (χ0) is 25.0. The summed E-state index contributed by atoms with van der Waals surface area (Å²) >= 11 is 0. The van der Waals surface area contributed by atoms with Gasteiger partial charge in [0.05, 0.1) is 5.60 Å². The van der Waals surface area contributed by atoms with Gasteiger partial charge in [-0.2, -0.15) is 0 Å². The zero-order valence-electron chi connectivity index (χ0n) is 23.5. The number of rotatable bonds is 9. The summed E-state index contributed by atoms with van der Waals surface area (Å²) in [6, 6.07) is 0. The summed E-state index contributed by atoms with van der Waals surface area (Å²) in [6.45, 7) is 12.8. The quantitative estimate of drug-likeness (QED) is 0.198. The van der Waals surface area contributed by atoms with Crippen LogP contribution in [0.15, 0.2) is 0 Å². The van der Waals surface area contributed by atoms with E-state index in [1.165, 1.54) is 83.5 Å². The molecule has 0 radical (unpaired) electrons. The molecule has 5 unspecified atom stereocenters. The Bertz CT molecular complexity index is 570. The minimum Gasteiger partial charge on any atom is -0.391 e. The average Bonchev–Trinajstić information content (AvgIpc) is 2.70. The second-order valence-electron chi connectivity index (χ2n) is 13.7. The van der Waals surface area contributed by atoms with Crippen molar-refractivity contribution in [2.24, 2.45) is 22.0 Å². The van der Waals surface area contributed by atoms with E-state index in [0.717, 1.165) is 25.7 Å². The lowest BCUT2D eigenvalue weighted by atomic mass is 9.44. The SMILES string of the molecule is BC1(C(C)(C)O)CCCC2(CCCC)CCCC(C)(C(C)(N)O)CCC2(CCCCC)CC1. The maximum atomic E-state index is 11.2. The van der Waals surface area contributed by atoms with E-state index in [0.29, 0.717) is 5.41 Å². The van der Waals surface area contributed by atoms with Gasteiger partial charge < -0.3 is 15.9 Å². The molecule has 2 aliphatic rings. The van der Waals surface area contributed by atoms with Gasteiger partial charge in [0.2, 0.25) is 0 Å². The van der Waals surface area contributed by atoms with Crippen LogP contribution in [0.4, 0.5) is 0 Å². The minimum absolute atomic E-state index is 0.0350. The van der Waals surface area contributed by atoms with E-state index in [-0.39, 0.29) is 16.1 Å². The molecule has 2 aliphatic carbocycles. The summed E-state index contributed by atoms with van der Waals surface area (Å²) in [5.74, 6) is 0. The molecule has 0 amide bonds. The molecular formula is C29H58BNO2. The van der Waals surface area contributed by atoms with E-state index in [2.05, 4.69) is 28.6 Å². The van der Waals surface area contributed by atoms with Crippen LogP contribution in [0, 0.1) is 16.2 Å². The minimum atomic E-state index is -1.13. The molecule has 0 aromatic carbocycles. The van der Waals surface area contributed by atoms with Crippen LogP contribution in [0.2, 0.25) is 5.31 Å². The number of hydrogen-bond acceptors (Lipinski definition) is 3. The molecule has 4 heteroatoms. The third-order valence-electron chi connectivity index (χ3n) is 11.2. The smallest absolute Gasteiger partial charge is 0.116 e. The van der Waals surface area contributed by atoms with Crippen molar-refractivity contribution in [2.75, 3.05) is 0 Å². The Labute approximate surface area is 207 Å². The zero-order valence-corrected chi connectivity index (χ0v) is 23.5. The fraction of sp³-hybridized carbons (Fsp3) is 1.00. The fourth-order valence-corrected chi connectivity index (χ4v) is 7.60. The van der Waals surface area contributed by atoms with Crippen LogP contribution in [-0.4, -0.2) is 29.4 Å². The molecule has 0 aromatic heterocycles. The third-order valence-corrected chi connectivity index (χ3v) is 11.2. The number of nitrogens with two attached hydrogens (primary N) is 1. The van der Waals surface area contributed by atoms with Crippen molar-refractivity contribution in [3.05, 3.63) is 0 Å². The van der Waals surface area contributed by atoms with Gasteiger partial charge in [-0.3, -0.25) is 0 Å². The van der Waals surface area contributed by atoms with Crippen molar-refractivity contribution >= 4 is 7.85 Å². The Balaban J connectivity index is 2.54. The highest BCUT2D eigenvalue weighted by Gasteiger charge is 2.55. The second-order valence-corrected chi connectivity index (χ2v) is 13.7. The van der Waals surface area contributed by atoms with Gasteiger partial charge in [-0.25, -0.2) is 0 Å². The Morgan fingerprint density at radius 1 is 0.727 bits per heavy atom. The van der Waals surface area contributed by atoms with Gasteiger partial charge in [0.25, 0.3) is 0 Å². The van der Waals surface area contributed by atoms with E-state index in [1.807, 2.05) is 20.8 Å². The molecule has 0 heterocycles. The molecule has 2 saturated carbocycles. The molecule has 3 nitrogen and oxygen atoms in total. The van der Waals surface area contributed by atoms with E-state index in [1.54, 1.807) is 0 Å². The van der Waals surface area contributed by atoms with Crippen LogP contribution in [0.1, 0.15) is 151 Å². The van der Waals surface area contributed by atoms with Crippen LogP contribution in [-0.2, 0) is 0 Å². The van der Waals surface area contributed by atoms with Crippen molar-refractivity contribution in [3.8, 4) is 0 Å². The third kappa shape index (κ3) is 6.20. The average molecular weight is 464 g/mol. The summed E-state index contributed by atoms with van der Waals surface area (Å²) in [5.41, 5.74) is 5.06. The van der Waals surface area contributed by atoms with Gasteiger partial charge in [-0.05, 0) is 88.3 Å². The first-order valence-electron chi connectivity index (χ1n) is 14.4. The topological polar surface area (TPSA) is 66.5 Å². The van der Waals surface area contributed by atoms with E-state index in [4.69, 9.17) is 5.73 Å². The van der Waals surface area contributed by atoms with Gasteiger partial charge >= 0.3 is 0 Å². The van der Waals surface area contributed by atoms with Crippen LogP contribution in [0.3, 0.4) is 0 Å². The fourth-order valence-electron chi connectivity index (χ4n) is 7.60. The molecule has 0 spiro atoms. The lowest BCUT2D eigenvalue weighted by Crippen LogP contribution is -2.54. The van der Waals surface area contributed by atoms with E-state index >= 15 is 0 Å². The summed E-state index contributed by atoms with van der Waals surface area (Å²) in [5, 5.41) is 22.1. The number of hydrogen-bond donors (Lipinski definition) is 3. The largest absolute Gasteiger partial charge is 0.391 e. The number of fused-ring (bicyclic) bond motifs is 1. The summed E-state index contributed by atoms with van der Waals surface area (Å²) in [6.07, 6.45) is 20.8. The molecule has 0 bridgehead atoms. The maximum absolute atomic E-state index is 11.2. The Hall–Kier alpha value is -0.0551. The Kier molecular flexibility index (Phi) is 9.65. The lowest BCUT2D eigenvalue weighted by Gasteiger charge is -2.59. The lowest BCUT2D eigenvalue weighted by molar-refractivity contribution is -0.113. The molecule has 194 valence electrons. The van der Waals surface area contributed by atoms with Gasteiger partial charge in [0.15, 0.2) is 0 Å². The van der Waals surface area contributed by atoms with Crippen molar-refractivity contribution in [3.63, 3.8) is 0 Å². The van der Waals surface area contributed by atoms with Gasteiger partial charge in [0, 0.05) is 5.41 Å². The molecule has 0 saturated heterocycles. The molecule has 5 atom stereocenters. The Morgan fingerprint density at radius 3 is 1.79 bits per heavy atom. The summed E-state index contributed by atoms with van der Waals surface area (Å²) in [4.78, 5) is 0. The molecule has 2 fully saturated rings. The highest BCUT2D eigenvalue weighted by molar-refractivity contribution is 6.16. The predicted octanol–water partition coefficient (Wildman–Crippen LogP) is 6.89. The second kappa shape index (κ2) is 10.9. The molecule has 0 aromatic rings.